The maximum absolute atomic E-state index is 13.3. The average Bonchev–Trinajstić information content (AvgIpc) is 3.50. The van der Waals surface area contributed by atoms with Gasteiger partial charge >= 0.3 is 0 Å². The van der Waals surface area contributed by atoms with Gasteiger partial charge in [-0.25, -0.2) is 18.1 Å². The number of rotatable bonds is 5. The monoisotopic (exact) mass is 644 g/mol. The van der Waals surface area contributed by atoms with Crippen molar-refractivity contribution < 1.29 is 27.5 Å². The highest BCUT2D eigenvalue weighted by atomic mass is 32.2. The van der Waals surface area contributed by atoms with Crippen LogP contribution in [0.15, 0.2) is 89.8 Å². The van der Waals surface area contributed by atoms with E-state index in [2.05, 4.69) is 15.7 Å². The molecule has 0 radical (unpaired) electrons. The molecule has 0 unspecified atom stereocenters. The summed E-state index contributed by atoms with van der Waals surface area (Å²) >= 11 is 0. The molecule has 12 nitrogen and oxygen atoms in total. The van der Waals surface area contributed by atoms with Crippen LogP contribution in [-0.4, -0.2) is 77.8 Å². The molecule has 1 aliphatic rings. The maximum Gasteiger partial charge on any atom is 0.251 e. The number of aromatic nitrogens is 3. The van der Waals surface area contributed by atoms with Gasteiger partial charge in [0.15, 0.2) is 15.7 Å². The molecule has 2 N–H and O–H groups in total. The number of hydrogen-bond donors (Lipinski definition) is 2. The number of benzene rings is 3. The van der Waals surface area contributed by atoms with E-state index >= 15 is 0 Å². The van der Waals surface area contributed by atoms with E-state index in [-0.39, 0.29) is 43.5 Å². The van der Waals surface area contributed by atoms with E-state index < -0.39 is 33.4 Å². The summed E-state index contributed by atoms with van der Waals surface area (Å²) in [5, 5.41) is 10.4. The van der Waals surface area contributed by atoms with Gasteiger partial charge < -0.3 is 20.3 Å². The molecule has 0 aliphatic carbocycles. The van der Waals surface area contributed by atoms with Crippen LogP contribution in [0.5, 0.6) is 5.75 Å². The third kappa shape index (κ3) is 8.36. The second-order valence-corrected chi connectivity index (χ2v) is 13.0. The first-order valence-electron chi connectivity index (χ1n) is 15.1. The first-order valence-corrected chi connectivity index (χ1v) is 16.7. The maximum atomic E-state index is 13.3. The lowest BCUT2D eigenvalue weighted by molar-refractivity contribution is -0.136. The van der Waals surface area contributed by atoms with E-state index in [1.54, 1.807) is 54.1 Å². The fourth-order valence-electron chi connectivity index (χ4n) is 5.04. The van der Waals surface area contributed by atoms with Gasteiger partial charge in [-0.05, 0) is 43.7 Å². The number of amides is 3. The molecule has 46 heavy (non-hydrogen) atoms. The van der Waals surface area contributed by atoms with Crippen LogP contribution in [0.3, 0.4) is 0 Å². The number of sulfone groups is 1. The standard InChI is InChI=1S/C33H36N6O6S/c1-24-32-36-31(25-10-4-2-5-11-25)37-39(32)19-20-45-27-13-8-12-26(22-27)33(42)34-17-9-18-38(23-29(40)35-24)30(41)16-21-46(43,44)28-14-6-3-7-15-28/h2-8,10-15,22,24H,9,16-21,23H2,1H3,(H,34,42)(H,35,40)/t24-/m0/s1. The smallest absolute Gasteiger partial charge is 0.251 e. The van der Waals surface area contributed by atoms with Crippen LogP contribution < -0.4 is 15.4 Å². The molecular weight excluding hydrogens is 608 g/mol. The number of hydrogen-bond acceptors (Lipinski definition) is 8. The SMILES string of the molecule is C[C@@H]1NC(=O)CN(C(=O)CCS(=O)(=O)c2ccccc2)CCCNC(=O)c2cccc(c2)OCCn2nc(-c3ccccc3)nc21. The Hall–Kier alpha value is -5.04. The molecule has 0 saturated carbocycles. The van der Waals surface area contributed by atoms with Gasteiger partial charge in [-0.3, -0.25) is 14.4 Å². The number of nitrogens with zero attached hydrogens (tertiary/aromatic N) is 4. The summed E-state index contributed by atoms with van der Waals surface area (Å²) in [5.74, 6) is -0.139. The lowest BCUT2D eigenvalue weighted by atomic mass is 10.2. The number of ether oxygens (including phenoxy) is 1. The van der Waals surface area contributed by atoms with Crippen molar-refractivity contribution in [1.82, 2.24) is 30.3 Å². The minimum Gasteiger partial charge on any atom is -0.492 e. The number of carbonyl (C=O) groups is 3. The highest BCUT2D eigenvalue weighted by molar-refractivity contribution is 7.91. The molecule has 0 fully saturated rings. The van der Waals surface area contributed by atoms with Crippen molar-refractivity contribution in [3.05, 3.63) is 96.3 Å². The Bertz CT molecular complexity index is 1780. The van der Waals surface area contributed by atoms with E-state index in [0.29, 0.717) is 35.9 Å². The molecule has 0 spiro atoms. The zero-order valence-electron chi connectivity index (χ0n) is 25.5. The van der Waals surface area contributed by atoms with Gasteiger partial charge in [-0.2, -0.15) is 5.10 Å². The number of nitrogens with one attached hydrogen (secondary N) is 2. The summed E-state index contributed by atoms with van der Waals surface area (Å²) in [7, 11) is -3.70. The van der Waals surface area contributed by atoms with Crippen LogP contribution in [0.4, 0.5) is 0 Å². The molecule has 13 heteroatoms. The first-order chi connectivity index (χ1) is 22.2. The van der Waals surface area contributed by atoms with Crippen molar-refractivity contribution in [2.24, 2.45) is 0 Å². The summed E-state index contributed by atoms with van der Waals surface area (Å²) in [4.78, 5) is 45.6. The van der Waals surface area contributed by atoms with Crippen LogP contribution in [0.1, 0.15) is 42.0 Å². The van der Waals surface area contributed by atoms with Gasteiger partial charge in [0.25, 0.3) is 5.91 Å². The topological polar surface area (TPSA) is 153 Å². The quantitative estimate of drug-likeness (QED) is 0.336. The zero-order chi connectivity index (χ0) is 32.5. The van der Waals surface area contributed by atoms with Crippen LogP contribution in [0.2, 0.25) is 0 Å². The molecule has 4 aromatic rings. The van der Waals surface area contributed by atoms with Gasteiger partial charge in [-0.15, -0.1) is 0 Å². The normalized spacial score (nSPS) is 16.6. The molecule has 1 aliphatic heterocycles. The van der Waals surface area contributed by atoms with Crippen molar-refractivity contribution in [3.8, 4) is 17.1 Å². The molecule has 2 bridgehead atoms. The Kier molecular flexibility index (Phi) is 10.4. The van der Waals surface area contributed by atoms with Gasteiger partial charge in [0.05, 0.1) is 29.8 Å². The minimum absolute atomic E-state index is 0.129. The fourth-order valence-corrected chi connectivity index (χ4v) is 6.29. The molecule has 3 amide bonds. The average molecular weight is 645 g/mol. The van der Waals surface area contributed by atoms with E-state index in [4.69, 9.17) is 9.72 Å². The number of carbonyl (C=O) groups excluding carboxylic acids is 3. The first kappa shape index (κ1) is 32.4. The number of fused-ring (bicyclic) bond motifs is 3. The summed E-state index contributed by atoms with van der Waals surface area (Å²) in [6.07, 6.45) is 0.0463. The second kappa shape index (κ2) is 14.8. The predicted molar refractivity (Wildman–Crippen MR) is 171 cm³/mol. The zero-order valence-corrected chi connectivity index (χ0v) is 26.3. The van der Waals surface area contributed by atoms with E-state index in [1.807, 2.05) is 30.3 Å². The van der Waals surface area contributed by atoms with Crippen LogP contribution in [0.25, 0.3) is 11.4 Å². The highest BCUT2D eigenvalue weighted by Gasteiger charge is 2.24. The largest absolute Gasteiger partial charge is 0.492 e. The summed E-state index contributed by atoms with van der Waals surface area (Å²) in [6.45, 7) is 2.39. The Morgan fingerprint density at radius 2 is 1.67 bits per heavy atom. The summed E-state index contributed by atoms with van der Waals surface area (Å²) in [6, 6.07) is 23.6. The van der Waals surface area contributed by atoms with Crippen molar-refractivity contribution >= 4 is 27.6 Å². The molecular formula is C33H36N6O6S. The molecule has 1 aromatic heterocycles. The Balaban J connectivity index is 1.37. The third-order valence-corrected chi connectivity index (χ3v) is 9.16. The van der Waals surface area contributed by atoms with Gasteiger partial charge in [0.2, 0.25) is 11.8 Å². The van der Waals surface area contributed by atoms with E-state index in [1.165, 1.54) is 17.0 Å². The van der Waals surface area contributed by atoms with E-state index in [0.717, 1.165) is 5.56 Å². The third-order valence-electron chi connectivity index (χ3n) is 7.43. The Morgan fingerprint density at radius 1 is 0.957 bits per heavy atom. The Labute approximate surface area is 267 Å². The van der Waals surface area contributed by atoms with Crippen molar-refractivity contribution in [3.63, 3.8) is 0 Å². The fraction of sp³-hybridized carbons (Fsp3) is 0.303. The van der Waals surface area contributed by atoms with Crippen LogP contribution in [0, 0.1) is 0 Å². The lowest BCUT2D eigenvalue weighted by Gasteiger charge is -2.24. The van der Waals surface area contributed by atoms with Gasteiger partial charge in [-0.1, -0.05) is 54.6 Å². The van der Waals surface area contributed by atoms with Crippen molar-refractivity contribution in [2.45, 2.75) is 37.2 Å². The summed E-state index contributed by atoms with van der Waals surface area (Å²) < 4.78 is 33.3. The van der Waals surface area contributed by atoms with E-state index in [9.17, 15) is 22.8 Å². The Morgan fingerprint density at radius 3 is 2.43 bits per heavy atom. The van der Waals surface area contributed by atoms with Crippen molar-refractivity contribution in [1.29, 1.82) is 0 Å². The molecule has 1 atom stereocenters. The highest BCUT2D eigenvalue weighted by Crippen LogP contribution is 2.20. The molecule has 3 aromatic carbocycles. The molecule has 0 saturated heterocycles. The van der Waals surface area contributed by atoms with Crippen LogP contribution >= 0.6 is 0 Å². The van der Waals surface area contributed by atoms with Crippen molar-refractivity contribution in [2.75, 3.05) is 32.0 Å². The lowest BCUT2D eigenvalue weighted by Crippen LogP contribution is -2.43. The van der Waals surface area contributed by atoms with Gasteiger partial charge in [0.1, 0.15) is 18.2 Å². The van der Waals surface area contributed by atoms with Gasteiger partial charge in [0, 0.05) is 30.6 Å². The molecule has 5 rings (SSSR count). The second-order valence-electron chi connectivity index (χ2n) is 10.9. The molecule has 2 heterocycles. The minimum atomic E-state index is -3.70. The molecule has 240 valence electrons. The summed E-state index contributed by atoms with van der Waals surface area (Å²) in [5.41, 5.74) is 1.22. The van der Waals surface area contributed by atoms with Crippen LogP contribution in [-0.2, 0) is 26.0 Å². The predicted octanol–water partition coefficient (Wildman–Crippen LogP) is 3.03.